The van der Waals surface area contributed by atoms with E-state index in [1.807, 2.05) is 18.2 Å². The molecule has 0 bridgehead atoms. The Morgan fingerprint density at radius 3 is 2.69 bits per heavy atom. The minimum Gasteiger partial charge on any atom is -0.514 e. The third-order valence-corrected chi connectivity index (χ3v) is 5.49. The molecule has 142 valence electrons. The number of hydrogen-bond acceptors (Lipinski definition) is 6. The Bertz CT molecular complexity index is 1480. The molecule has 8 heteroatoms. The van der Waals surface area contributed by atoms with E-state index in [1.165, 1.54) is 34.2 Å². The highest BCUT2D eigenvalue weighted by Gasteiger charge is 2.18. The van der Waals surface area contributed by atoms with Crippen LogP contribution in [0.1, 0.15) is 0 Å². The molecular weight excluding hydrogens is 393 g/mol. The second-order valence-corrected chi connectivity index (χ2v) is 7.24. The van der Waals surface area contributed by atoms with Crippen molar-refractivity contribution >= 4 is 38.8 Å². The van der Waals surface area contributed by atoms with Gasteiger partial charge in [0, 0.05) is 12.3 Å². The van der Waals surface area contributed by atoms with Crippen molar-refractivity contribution in [2.45, 2.75) is 0 Å². The lowest BCUT2D eigenvalue weighted by Gasteiger charge is -2.12. The maximum absolute atomic E-state index is 15.0. The molecular formula is C21H12FN3O3S. The van der Waals surface area contributed by atoms with E-state index < -0.39 is 11.5 Å². The van der Waals surface area contributed by atoms with Gasteiger partial charge in [-0.15, -0.1) is 11.3 Å². The third-order valence-electron chi connectivity index (χ3n) is 4.47. The van der Waals surface area contributed by atoms with Crippen LogP contribution in [0.5, 0.6) is 11.5 Å². The Labute approximate surface area is 166 Å². The molecule has 5 aromatic rings. The van der Waals surface area contributed by atoms with Gasteiger partial charge in [0.25, 0.3) is 0 Å². The number of rotatable bonds is 3. The average Bonchev–Trinajstić information content (AvgIpc) is 3.09. The normalized spacial score (nSPS) is 12.1. The van der Waals surface area contributed by atoms with Crippen molar-refractivity contribution in [1.82, 2.24) is 14.5 Å². The molecule has 0 aliphatic rings. The summed E-state index contributed by atoms with van der Waals surface area (Å²) in [6, 6.07) is 14.9. The predicted octanol–water partition coefficient (Wildman–Crippen LogP) is 3.94. The van der Waals surface area contributed by atoms with Crippen LogP contribution in [0.2, 0.25) is 0 Å². The van der Waals surface area contributed by atoms with Crippen molar-refractivity contribution < 1.29 is 14.2 Å². The second-order valence-electron chi connectivity index (χ2n) is 6.21. The number of aliphatic hydroxyl groups is 1. The van der Waals surface area contributed by atoms with E-state index in [0.717, 1.165) is 6.26 Å². The number of nitrogens with zero attached hydrogens (tertiary/aromatic N) is 3. The van der Waals surface area contributed by atoms with Gasteiger partial charge in [-0.3, -0.25) is 4.57 Å². The summed E-state index contributed by atoms with van der Waals surface area (Å²) < 4.78 is 22.3. The maximum Gasteiger partial charge on any atom is 0.353 e. The van der Waals surface area contributed by atoms with Crippen molar-refractivity contribution in [3.63, 3.8) is 0 Å². The highest BCUT2D eigenvalue weighted by molar-refractivity contribution is 7.17. The number of hydrogen-bond donors (Lipinski definition) is 1. The van der Waals surface area contributed by atoms with Crippen LogP contribution >= 0.6 is 11.3 Å². The van der Waals surface area contributed by atoms with Crippen molar-refractivity contribution in [3.05, 3.63) is 81.6 Å². The minimum atomic E-state index is -0.651. The lowest BCUT2D eigenvalue weighted by molar-refractivity contribution is 0.476. The molecule has 3 aromatic heterocycles. The Kier molecular flexibility index (Phi) is 3.99. The molecule has 0 unspecified atom stereocenters. The zero-order valence-corrected chi connectivity index (χ0v) is 15.6. The second kappa shape index (κ2) is 6.68. The van der Waals surface area contributed by atoms with Gasteiger partial charge in [0.05, 0.1) is 27.4 Å². The Balaban J connectivity index is 1.69. The van der Waals surface area contributed by atoms with E-state index in [1.54, 1.807) is 24.3 Å². The summed E-state index contributed by atoms with van der Waals surface area (Å²) in [6.07, 6.45) is 2.43. The molecule has 2 aromatic carbocycles. The van der Waals surface area contributed by atoms with Crippen LogP contribution in [-0.2, 0) is 0 Å². The number of halogens is 1. The van der Waals surface area contributed by atoms with Crippen LogP contribution in [0.15, 0.2) is 65.6 Å². The smallest absolute Gasteiger partial charge is 0.353 e. The van der Waals surface area contributed by atoms with Gasteiger partial charge in [-0.05, 0) is 30.3 Å². The number of thiophene rings is 1. The molecule has 5 rings (SSSR count). The number of benzene rings is 2. The van der Waals surface area contributed by atoms with Crippen LogP contribution in [0.25, 0.3) is 33.2 Å². The Morgan fingerprint density at radius 2 is 1.93 bits per heavy atom. The first-order valence-electron chi connectivity index (χ1n) is 8.63. The fraction of sp³-hybridized carbons (Fsp3) is 0. The Morgan fingerprint density at radius 1 is 1.10 bits per heavy atom. The summed E-state index contributed by atoms with van der Waals surface area (Å²) >= 11 is 1.21. The highest BCUT2D eigenvalue weighted by atomic mass is 32.1. The topological polar surface area (TPSA) is 77.2 Å². The highest BCUT2D eigenvalue weighted by Crippen LogP contribution is 2.28. The van der Waals surface area contributed by atoms with Crippen molar-refractivity contribution in [2.24, 2.45) is 0 Å². The fourth-order valence-corrected chi connectivity index (χ4v) is 4.15. The quantitative estimate of drug-likeness (QED) is 0.492. The molecule has 1 N–H and O–H groups in total. The van der Waals surface area contributed by atoms with E-state index in [9.17, 15) is 14.3 Å². The zero-order valence-electron chi connectivity index (χ0n) is 14.7. The van der Waals surface area contributed by atoms with Crippen molar-refractivity contribution in [1.29, 1.82) is 0 Å². The van der Waals surface area contributed by atoms with Crippen molar-refractivity contribution in [3.8, 4) is 17.2 Å². The van der Waals surface area contributed by atoms with Crippen LogP contribution < -0.4 is 15.0 Å². The maximum atomic E-state index is 15.0. The van der Waals surface area contributed by atoms with Gasteiger partial charge >= 0.3 is 5.69 Å². The van der Waals surface area contributed by atoms with Crippen LogP contribution in [-0.4, -0.2) is 19.6 Å². The van der Waals surface area contributed by atoms with E-state index in [4.69, 9.17) is 4.74 Å². The van der Waals surface area contributed by atoms with Gasteiger partial charge in [-0.1, -0.05) is 18.2 Å². The number of aliphatic hydroxyl groups excluding tert-OH is 1. The van der Waals surface area contributed by atoms with E-state index in [0.29, 0.717) is 37.3 Å². The molecule has 3 heterocycles. The standard InChI is InChI=1S/C21H12FN3O3S/c22-14-10-13(28-12-4-2-1-3-5-12)6-7-15(14)25-16-8-9-23-20-18(16)19(24-21(25)27)17(11-26)29-20/h1-11,26H. The average molecular weight is 405 g/mol. The van der Waals surface area contributed by atoms with Crippen LogP contribution in [0, 0.1) is 5.82 Å². The summed E-state index contributed by atoms with van der Waals surface area (Å²) in [5, 5.41) is 10.0. The lowest BCUT2D eigenvalue weighted by atomic mass is 10.2. The predicted molar refractivity (Wildman–Crippen MR) is 109 cm³/mol. The van der Waals surface area contributed by atoms with E-state index in [-0.39, 0.29) is 5.69 Å². The molecule has 0 saturated heterocycles. The fourth-order valence-electron chi connectivity index (χ4n) is 3.23. The molecule has 0 saturated carbocycles. The molecule has 0 radical (unpaired) electrons. The molecule has 0 spiro atoms. The zero-order chi connectivity index (χ0) is 20.0. The van der Waals surface area contributed by atoms with Crippen LogP contribution in [0.3, 0.4) is 0 Å². The van der Waals surface area contributed by atoms with E-state index >= 15 is 0 Å². The molecule has 0 aliphatic carbocycles. The summed E-state index contributed by atoms with van der Waals surface area (Å²) in [6.45, 7) is 0. The number of ether oxygens (including phenoxy) is 1. The number of pyridine rings is 1. The summed E-state index contributed by atoms with van der Waals surface area (Å²) in [4.78, 5) is 21.7. The van der Waals surface area contributed by atoms with Gasteiger partial charge in [-0.25, -0.2) is 14.2 Å². The number of aromatic nitrogens is 3. The Hall–Kier alpha value is -3.78. The first-order chi connectivity index (χ1) is 14.2. The molecule has 29 heavy (non-hydrogen) atoms. The minimum absolute atomic E-state index is 0.0537. The molecule has 6 nitrogen and oxygen atoms in total. The van der Waals surface area contributed by atoms with Gasteiger partial charge < -0.3 is 9.84 Å². The molecule has 0 fully saturated rings. The van der Waals surface area contributed by atoms with Crippen LogP contribution in [0.4, 0.5) is 4.39 Å². The first kappa shape index (κ1) is 17.3. The van der Waals surface area contributed by atoms with Crippen molar-refractivity contribution in [2.75, 3.05) is 0 Å². The summed E-state index contributed by atoms with van der Waals surface area (Å²) in [5.74, 6) is 0.266. The van der Waals surface area contributed by atoms with E-state index in [2.05, 4.69) is 9.97 Å². The number of para-hydroxylation sites is 1. The van der Waals surface area contributed by atoms with Gasteiger partial charge in [0.1, 0.15) is 21.8 Å². The monoisotopic (exact) mass is 405 g/mol. The summed E-state index contributed by atoms with van der Waals surface area (Å²) in [5.41, 5.74) is 0.214. The van der Waals surface area contributed by atoms with Gasteiger partial charge in [0.2, 0.25) is 0 Å². The lowest BCUT2D eigenvalue weighted by Crippen LogP contribution is -2.23. The van der Waals surface area contributed by atoms with Gasteiger partial charge in [0.15, 0.2) is 5.82 Å². The molecule has 0 amide bonds. The first-order valence-corrected chi connectivity index (χ1v) is 9.44. The van der Waals surface area contributed by atoms with Gasteiger partial charge in [-0.2, -0.15) is 4.98 Å². The third kappa shape index (κ3) is 2.81. The molecule has 0 atom stereocenters. The largest absolute Gasteiger partial charge is 0.514 e. The SMILES string of the molecule is O=c1nc2c(=CO)sc3nccc(c32)n1-c1ccc(Oc2ccccc2)cc1F. The summed E-state index contributed by atoms with van der Waals surface area (Å²) in [7, 11) is 0. The molecule has 0 aliphatic heterocycles.